The molecule has 1 aliphatic heterocycles. The van der Waals surface area contributed by atoms with Gasteiger partial charge in [0.25, 0.3) is 0 Å². The van der Waals surface area contributed by atoms with Crippen LogP contribution in [-0.2, 0) is 4.74 Å². The van der Waals surface area contributed by atoms with Crippen LogP contribution in [0.25, 0.3) is 0 Å². The molecular weight excluding hydrogens is 160 g/mol. The highest BCUT2D eigenvalue weighted by Crippen LogP contribution is 2.31. The molecule has 1 aliphatic rings. The predicted octanol–water partition coefficient (Wildman–Crippen LogP) is 3.40. The molecule has 3 unspecified atom stereocenters. The SMILES string of the molecule is CC=CC1OC(C)CCC1C(C)C. The Balaban J connectivity index is 2.60. The molecule has 1 fully saturated rings. The highest BCUT2D eigenvalue weighted by atomic mass is 16.5. The van der Waals surface area contributed by atoms with Gasteiger partial charge >= 0.3 is 0 Å². The molecule has 3 atom stereocenters. The molecule has 0 aromatic rings. The second-order valence-corrected chi connectivity index (χ2v) is 4.42. The molecule has 13 heavy (non-hydrogen) atoms. The minimum atomic E-state index is 0.355. The van der Waals surface area contributed by atoms with Crippen molar-refractivity contribution in [2.75, 3.05) is 0 Å². The lowest BCUT2D eigenvalue weighted by Crippen LogP contribution is -2.35. The first kappa shape index (κ1) is 10.8. The van der Waals surface area contributed by atoms with Crippen molar-refractivity contribution in [1.29, 1.82) is 0 Å². The van der Waals surface area contributed by atoms with Gasteiger partial charge in [0.05, 0.1) is 12.2 Å². The van der Waals surface area contributed by atoms with Crippen molar-refractivity contribution in [1.82, 2.24) is 0 Å². The monoisotopic (exact) mass is 182 g/mol. The summed E-state index contributed by atoms with van der Waals surface area (Å²) in [5.41, 5.74) is 0. The van der Waals surface area contributed by atoms with Crippen LogP contribution in [-0.4, -0.2) is 12.2 Å². The Bertz CT molecular complexity index is 172. The molecule has 0 aromatic heterocycles. The Morgan fingerprint density at radius 3 is 2.54 bits per heavy atom. The van der Waals surface area contributed by atoms with E-state index in [-0.39, 0.29) is 0 Å². The van der Waals surface area contributed by atoms with Crippen LogP contribution >= 0.6 is 0 Å². The average Bonchev–Trinajstić information content (AvgIpc) is 2.04. The molecule has 1 rings (SSSR count). The average molecular weight is 182 g/mol. The summed E-state index contributed by atoms with van der Waals surface area (Å²) in [4.78, 5) is 0. The fourth-order valence-corrected chi connectivity index (χ4v) is 2.12. The summed E-state index contributed by atoms with van der Waals surface area (Å²) in [7, 11) is 0. The van der Waals surface area contributed by atoms with Crippen molar-refractivity contribution >= 4 is 0 Å². The third kappa shape index (κ3) is 2.84. The smallest absolute Gasteiger partial charge is 0.0789 e. The van der Waals surface area contributed by atoms with Crippen LogP contribution in [0, 0.1) is 11.8 Å². The van der Waals surface area contributed by atoms with Crippen molar-refractivity contribution < 1.29 is 4.74 Å². The molecule has 1 heterocycles. The van der Waals surface area contributed by atoms with Gasteiger partial charge in [-0.25, -0.2) is 0 Å². The molecule has 76 valence electrons. The highest BCUT2D eigenvalue weighted by molar-refractivity contribution is 4.94. The van der Waals surface area contributed by atoms with E-state index < -0.39 is 0 Å². The van der Waals surface area contributed by atoms with Gasteiger partial charge < -0.3 is 4.74 Å². The van der Waals surface area contributed by atoms with Gasteiger partial charge in [-0.05, 0) is 38.5 Å². The summed E-state index contributed by atoms with van der Waals surface area (Å²) in [5.74, 6) is 1.45. The fourth-order valence-electron chi connectivity index (χ4n) is 2.12. The number of allylic oxidation sites excluding steroid dienone is 1. The quantitative estimate of drug-likeness (QED) is 0.595. The van der Waals surface area contributed by atoms with Crippen LogP contribution in [0.4, 0.5) is 0 Å². The molecule has 1 heteroatoms. The molecule has 0 radical (unpaired) electrons. The maximum Gasteiger partial charge on any atom is 0.0789 e. The van der Waals surface area contributed by atoms with Gasteiger partial charge in [0, 0.05) is 0 Å². The summed E-state index contributed by atoms with van der Waals surface area (Å²) in [6.45, 7) is 8.83. The van der Waals surface area contributed by atoms with Gasteiger partial charge in [-0.2, -0.15) is 0 Å². The van der Waals surface area contributed by atoms with E-state index in [1.807, 2.05) is 0 Å². The van der Waals surface area contributed by atoms with E-state index in [0.717, 1.165) is 5.92 Å². The van der Waals surface area contributed by atoms with Crippen molar-refractivity contribution in [3.8, 4) is 0 Å². The molecule has 1 nitrogen and oxygen atoms in total. The maximum absolute atomic E-state index is 5.91. The van der Waals surface area contributed by atoms with E-state index in [1.54, 1.807) is 0 Å². The van der Waals surface area contributed by atoms with Gasteiger partial charge in [-0.3, -0.25) is 0 Å². The van der Waals surface area contributed by atoms with E-state index in [4.69, 9.17) is 4.74 Å². The van der Waals surface area contributed by atoms with E-state index >= 15 is 0 Å². The summed E-state index contributed by atoms with van der Waals surface area (Å²) >= 11 is 0. The Hall–Kier alpha value is -0.300. The first-order valence-corrected chi connectivity index (χ1v) is 5.43. The normalized spacial score (nSPS) is 35.9. The molecule has 1 saturated heterocycles. The first-order chi connectivity index (χ1) is 6.15. The Morgan fingerprint density at radius 1 is 1.31 bits per heavy atom. The highest BCUT2D eigenvalue weighted by Gasteiger charge is 2.29. The molecule has 0 aromatic carbocycles. The molecule has 0 amide bonds. The number of hydrogen-bond donors (Lipinski definition) is 0. The second kappa shape index (κ2) is 4.80. The largest absolute Gasteiger partial charge is 0.371 e. The summed E-state index contributed by atoms with van der Waals surface area (Å²) in [6.07, 6.45) is 7.65. The zero-order valence-electron chi connectivity index (χ0n) is 9.29. The fraction of sp³-hybridized carbons (Fsp3) is 0.833. The predicted molar refractivity (Wildman–Crippen MR) is 56.7 cm³/mol. The van der Waals surface area contributed by atoms with Gasteiger partial charge in [0.2, 0.25) is 0 Å². The standard InChI is InChI=1S/C12H22O/c1-5-6-12-11(9(2)3)8-7-10(4)13-12/h5-6,9-12H,7-8H2,1-4H3. The van der Waals surface area contributed by atoms with Crippen molar-refractivity contribution in [2.24, 2.45) is 11.8 Å². The van der Waals surface area contributed by atoms with Crippen LogP contribution in [0.5, 0.6) is 0 Å². The second-order valence-electron chi connectivity index (χ2n) is 4.42. The molecule has 0 spiro atoms. The molecular formula is C12H22O. The minimum Gasteiger partial charge on any atom is -0.371 e. The third-order valence-corrected chi connectivity index (χ3v) is 2.96. The Labute approximate surface area is 82.2 Å². The summed E-state index contributed by atoms with van der Waals surface area (Å²) in [5, 5.41) is 0. The van der Waals surface area contributed by atoms with Crippen molar-refractivity contribution in [2.45, 2.75) is 52.7 Å². The minimum absolute atomic E-state index is 0.355. The van der Waals surface area contributed by atoms with E-state index in [0.29, 0.717) is 18.1 Å². The van der Waals surface area contributed by atoms with Gasteiger partial charge in [0.15, 0.2) is 0 Å². The molecule has 0 N–H and O–H groups in total. The Kier molecular flexibility index (Phi) is 3.98. The van der Waals surface area contributed by atoms with Gasteiger partial charge in [-0.1, -0.05) is 26.0 Å². The number of hydrogen-bond acceptors (Lipinski definition) is 1. The molecule has 0 aliphatic carbocycles. The van der Waals surface area contributed by atoms with E-state index in [9.17, 15) is 0 Å². The van der Waals surface area contributed by atoms with Crippen LogP contribution in [0.3, 0.4) is 0 Å². The summed E-state index contributed by atoms with van der Waals surface area (Å²) < 4.78 is 5.91. The maximum atomic E-state index is 5.91. The van der Waals surface area contributed by atoms with Gasteiger partial charge in [0.1, 0.15) is 0 Å². The van der Waals surface area contributed by atoms with Crippen LogP contribution in [0.2, 0.25) is 0 Å². The van der Waals surface area contributed by atoms with Crippen molar-refractivity contribution in [3.63, 3.8) is 0 Å². The molecule has 0 bridgehead atoms. The van der Waals surface area contributed by atoms with Crippen LogP contribution in [0.1, 0.15) is 40.5 Å². The van der Waals surface area contributed by atoms with Crippen LogP contribution < -0.4 is 0 Å². The van der Waals surface area contributed by atoms with E-state index in [2.05, 4.69) is 39.8 Å². The first-order valence-electron chi connectivity index (χ1n) is 5.43. The lowest BCUT2D eigenvalue weighted by Gasteiger charge is -2.36. The zero-order chi connectivity index (χ0) is 9.84. The lowest BCUT2D eigenvalue weighted by molar-refractivity contribution is -0.0614. The van der Waals surface area contributed by atoms with Crippen molar-refractivity contribution in [3.05, 3.63) is 12.2 Å². The van der Waals surface area contributed by atoms with Gasteiger partial charge in [-0.15, -0.1) is 0 Å². The Morgan fingerprint density at radius 2 is 2.00 bits per heavy atom. The summed E-state index contributed by atoms with van der Waals surface area (Å²) in [6, 6.07) is 0. The number of ether oxygens (including phenoxy) is 1. The third-order valence-electron chi connectivity index (χ3n) is 2.96. The molecule has 0 saturated carbocycles. The van der Waals surface area contributed by atoms with E-state index in [1.165, 1.54) is 12.8 Å². The van der Waals surface area contributed by atoms with Crippen LogP contribution in [0.15, 0.2) is 12.2 Å². The topological polar surface area (TPSA) is 9.23 Å². The lowest BCUT2D eigenvalue weighted by atomic mass is 9.83. The zero-order valence-corrected chi connectivity index (χ0v) is 9.29. The number of rotatable bonds is 2.